The fraction of sp³-hybridized carbons (Fsp3) is 0.289. The molecule has 0 atom stereocenters. The lowest BCUT2D eigenvalue weighted by molar-refractivity contribution is -0.119. The number of ether oxygens (including phenoxy) is 1. The Morgan fingerprint density at radius 1 is 0.906 bits per heavy atom. The topological polar surface area (TPSA) is 128 Å². The summed E-state index contributed by atoms with van der Waals surface area (Å²) in [6.45, 7) is -0.220. The highest BCUT2D eigenvalue weighted by atomic mass is 79.9. The molecule has 0 saturated heterocycles. The van der Waals surface area contributed by atoms with E-state index in [1.807, 2.05) is 18.2 Å². The predicted octanol–water partition coefficient (Wildman–Crippen LogP) is 8.15. The molecule has 0 radical (unpaired) electrons. The zero-order chi connectivity index (χ0) is 38.2. The van der Waals surface area contributed by atoms with Gasteiger partial charge in [-0.15, -0.1) is 0 Å². The Morgan fingerprint density at radius 2 is 1.53 bits per heavy atom. The molecule has 0 aromatic heterocycles. The molecule has 0 spiro atoms. The van der Waals surface area contributed by atoms with Crippen LogP contribution in [-0.4, -0.2) is 42.9 Å². The third-order valence-corrected chi connectivity index (χ3v) is 12.0. The second-order valence-electron chi connectivity index (χ2n) is 12.9. The van der Waals surface area contributed by atoms with Gasteiger partial charge in [0.25, 0.3) is 0 Å². The van der Waals surface area contributed by atoms with Crippen LogP contribution in [0.4, 0.5) is 23.2 Å². The maximum Gasteiger partial charge on any atom is 0.335 e. The van der Waals surface area contributed by atoms with Gasteiger partial charge in [0.05, 0.1) is 47.1 Å². The number of halogens is 5. The molecule has 0 heterocycles. The number of carbonyl (C=O) groups is 2. The van der Waals surface area contributed by atoms with Gasteiger partial charge >= 0.3 is 5.97 Å². The highest BCUT2D eigenvalue weighted by Gasteiger charge is 2.38. The second-order valence-corrected chi connectivity index (χ2v) is 15.6. The number of amides is 1. The molecule has 2 aliphatic rings. The first kappa shape index (κ1) is 38.0. The molecule has 2 fully saturated rings. The fourth-order valence-electron chi connectivity index (χ4n) is 6.13. The number of benzene rings is 4. The van der Waals surface area contributed by atoms with E-state index in [1.165, 1.54) is 47.4 Å². The van der Waals surface area contributed by atoms with E-state index in [0.717, 1.165) is 36.8 Å². The van der Waals surface area contributed by atoms with Gasteiger partial charge in [-0.25, -0.2) is 30.8 Å². The molecule has 1 N–H and O–H groups in total. The van der Waals surface area contributed by atoms with Crippen molar-refractivity contribution in [3.8, 4) is 11.8 Å². The van der Waals surface area contributed by atoms with Crippen LogP contribution in [0.15, 0.2) is 70.0 Å². The average molecular weight is 815 g/mol. The van der Waals surface area contributed by atoms with Gasteiger partial charge in [-0.05, 0) is 107 Å². The molecule has 2 saturated carbocycles. The first-order valence-corrected chi connectivity index (χ1v) is 18.9. The zero-order valence-electron chi connectivity index (χ0n) is 28.2. The third-order valence-electron chi connectivity index (χ3n) is 9.14. The number of sulfonamides is 1. The quantitative estimate of drug-likeness (QED) is 0.0774. The van der Waals surface area contributed by atoms with Crippen molar-refractivity contribution >= 4 is 43.5 Å². The van der Waals surface area contributed by atoms with Crippen LogP contribution in [0.25, 0.3) is 0 Å². The van der Waals surface area contributed by atoms with Crippen LogP contribution in [-0.2, 0) is 27.9 Å². The van der Waals surface area contributed by atoms with E-state index < -0.39 is 67.6 Å². The molecule has 4 aromatic rings. The monoisotopic (exact) mass is 813 g/mol. The first-order chi connectivity index (χ1) is 25.2. The summed E-state index contributed by atoms with van der Waals surface area (Å²) in [6.07, 6.45) is 4.04. The van der Waals surface area contributed by atoms with Crippen molar-refractivity contribution in [2.24, 2.45) is 0 Å². The SMILES string of the molecule is CCOc1cc(C(=O)O)ccc1N(Cc1cc(C2CC2)cc(C2CC2)c1)C(=O)CN(Cc1ccccc1C#N)S(=O)(=O)c1c(F)c(F)c(F)c(F)c1Br. The summed E-state index contributed by atoms with van der Waals surface area (Å²) in [5, 5.41) is 19.4. The van der Waals surface area contributed by atoms with Gasteiger partial charge in [0, 0.05) is 6.54 Å². The summed E-state index contributed by atoms with van der Waals surface area (Å²) >= 11 is 2.56. The first-order valence-electron chi connectivity index (χ1n) is 16.7. The summed E-state index contributed by atoms with van der Waals surface area (Å²) in [6, 6.07) is 17.6. The normalized spacial score (nSPS) is 14.2. The maximum atomic E-state index is 15.3. The highest BCUT2D eigenvalue weighted by molar-refractivity contribution is 9.10. The van der Waals surface area contributed by atoms with E-state index in [9.17, 15) is 41.5 Å². The van der Waals surface area contributed by atoms with E-state index in [2.05, 4.69) is 22.0 Å². The number of anilines is 1. The Hall–Kier alpha value is -4.78. The van der Waals surface area contributed by atoms with E-state index in [0.29, 0.717) is 21.7 Å². The van der Waals surface area contributed by atoms with Gasteiger partial charge in [0.1, 0.15) is 10.6 Å². The molecule has 0 aliphatic heterocycles. The molecule has 53 heavy (non-hydrogen) atoms. The van der Waals surface area contributed by atoms with Crippen LogP contribution >= 0.6 is 15.9 Å². The van der Waals surface area contributed by atoms with Crippen molar-refractivity contribution in [2.75, 3.05) is 18.1 Å². The third kappa shape index (κ3) is 7.95. The standard InChI is InChI=1S/C38H32BrF4N3O6S/c1-2-52-30-16-24(38(48)49)11-12-29(30)46(18-21-13-27(22-7-8-22)15-28(14-21)23-9-10-23)31(47)20-45(19-26-6-4-3-5-25(26)17-44)53(50,51)37-32(39)33(40)34(41)35(42)36(37)43/h3-6,11-16,22-23H,2,7-10,18-20H2,1H3,(H,48,49). The van der Waals surface area contributed by atoms with Crippen LogP contribution < -0.4 is 9.64 Å². The smallest absolute Gasteiger partial charge is 0.335 e. The summed E-state index contributed by atoms with van der Waals surface area (Å²) in [5.41, 5.74) is 2.92. The lowest BCUT2D eigenvalue weighted by atomic mass is 9.99. The summed E-state index contributed by atoms with van der Waals surface area (Å²) < 4.78 is 92.2. The van der Waals surface area contributed by atoms with Crippen LogP contribution in [0, 0.1) is 34.6 Å². The van der Waals surface area contributed by atoms with Crippen LogP contribution in [0.1, 0.15) is 82.6 Å². The minimum absolute atomic E-state index is 0.000368. The maximum absolute atomic E-state index is 15.3. The molecule has 9 nitrogen and oxygen atoms in total. The molecule has 6 rings (SSSR count). The number of aromatic carboxylic acids is 1. The number of nitriles is 1. The average Bonchev–Trinajstić information content (AvgIpc) is 4.06. The Labute approximate surface area is 311 Å². The molecule has 15 heteroatoms. The summed E-state index contributed by atoms with van der Waals surface area (Å²) in [5.74, 6) is -10.3. The molecule has 1 amide bonds. The largest absolute Gasteiger partial charge is 0.492 e. The minimum atomic E-state index is -5.39. The zero-order valence-corrected chi connectivity index (χ0v) is 30.6. The van der Waals surface area contributed by atoms with E-state index in [1.54, 1.807) is 6.92 Å². The molecule has 4 aromatic carbocycles. The molecular formula is C38H32BrF4N3O6S. The van der Waals surface area contributed by atoms with E-state index >= 15 is 4.39 Å². The Kier molecular flexibility index (Phi) is 11.0. The van der Waals surface area contributed by atoms with E-state index in [4.69, 9.17) is 4.74 Å². The molecule has 276 valence electrons. The van der Waals surface area contributed by atoms with Crippen molar-refractivity contribution in [1.29, 1.82) is 5.26 Å². The van der Waals surface area contributed by atoms with Gasteiger partial charge in [-0.1, -0.05) is 36.4 Å². The number of carbonyl (C=O) groups excluding carboxylic acids is 1. The molecular weight excluding hydrogens is 782 g/mol. The molecule has 0 bridgehead atoms. The second kappa shape index (κ2) is 15.3. The van der Waals surface area contributed by atoms with Crippen molar-refractivity contribution in [2.45, 2.75) is 62.4 Å². The number of carboxylic acid groups (broad SMARTS) is 1. The molecule has 0 unspecified atom stereocenters. The Balaban J connectivity index is 1.49. The molecule has 2 aliphatic carbocycles. The van der Waals surface area contributed by atoms with Gasteiger partial charge in [-0.3, -0.25) is 4.79 Å². The fourth-order valence-corrected chi connectivity index (χ4v) is 8.57. The van der Waals surface area contributed by atoms with Crippen LogP contribution in [0.2, 0.25) is 0 Å². The van der Waals surface area contributed by atoms with Crippen LogP contribution in [0.5, 0.6) is 5.75 Å². The van der Waals surface area contributed by atoms with Gasteiger partial charge < -0.3 is 14.7 Å². The number of hydrogen-bond donors (Lipinski definition) is 1. The van der Waals surface area contributed by atoms with Gasteiger partial charge in [-0.2, -0.15) is 9.57 Å². The van der Waals surface area contributed by atoms with Gasteiger partial charge in [0.15, 0.2) is 23.3 Å². The summed E-state index contributed by atoms with van der Waals surface area (Å²) in [7, 11) is -5.39. The van der Waals surface area contributed by atoms with Crippen molar-refractivity contribution in [1.82, 2.24) is 4.31 Å². The van der Waals surface area contributed by atoms with Crippen molar-refractivity contribution in [3.05, 3.63) is 122 Å². The van der Waals surface area contributed by atoms with Crippen molar-refractivity contribution in [3.63, 3.8) is 0 Å². The lowest BCUT2D eigenvalue weighted by Gasteiger charge is -2.29. The summed E-state index contributed by atoms with van der Waals surface area (Å²) in [4.78, 5) is 26.1. The minimum Gasteiger partial charge on any atom is -0.492 e. The number of carboxylic acids is 1. The predicted molar refractivity (Wildman–Crippen MR) is 189 cm³/mol. The number of rotatable bonds is 14. The van der Waals surface area contributed by atoms with E-state index in [-0.39, 0.29) is 41.3 Å². The highest BCUT2D eigenvalue weighted by Crippen LogP contribution is 2.46. The van der Waals surface area contributed by atoms with Crippen molar-refractivity contribution < 1.29 is 45.4 Å². The van der Waals surface area contributed by atoms with Gasteiger partial charge in [0.2, 0.25) is 15.9 Å². The van der Waals surface area contributed by atoms with Crippen LogP contribution in [0.3, 0.4) is 0 Å². The Morgan fingerprint density at radius 3 is 2.11 bits per heavy atom. The Bertz CT molecular complexity index is 2220. The number of nitrogens with zero attached hydrogens (tertiary/aromatic N) is 3. The number of hydrogen-bond acceptors (Lipinski definition) is 6. The lowest BCUT2D eigenvalue weighted by Crippen LogP contribution is -2.43.